The highest BCUT2D eigenvalue weighted by atomic mass is 32.2. The van der Waals surface area contributed by atoms with Gasteiger partial charge in [-0.2, -0.15) is 4.68 Å². The van der Waals surface area contributed by atoms with Gasteiger partial charge in [0.25, 0.3) is 5.16 Å². The number of para-hydroxylation sites is 1. The summed E-state index contributed by atoms with van der Waals surface area (Å²) in [4.78, 5) is 0. The molecule has 0 aliphatic heterocycles. The van der Waals surface area contributed by atoms with Crippen LogP contribution in [0.5, 0.6) is 0 Å². The van der Waals surface area contributed by atoms with E-state index < -0.39 is 9.84 Å². The van der Waals surface area contributed by atoms with Crippen LogP contribution in [0.2, 0.25) is 0 Å². The Kier molecular flexibility index (Phi) is 3.42. The van der Waals surface area contributed by atoms with Gasteiger partial charge in [-0.05, 0) is 28.5 Å². The van der Waals surface area contributed by atoms with Crippen LogP contribution in [0, 0.1) is 5.92 Å². The molecule has 0 atom stereocenters. The van der Waals surface area contributed by atoms with Crippen molar-refractivity contribution in [2.24, 2.45) is 5.92 Å². The summed E-state index contributed by atoms with van der Waals surface area (Å²) in [7, 11) is -3.47. The van der Waals surface area contributed by atoms with E-state index in [4.69, 9.17) is 0 Å². The van der Waals surface area contributed by atoms with E-state index in [1.807, 2.05) is 19.9 Å². The Morgan fingerprint density at radius 1 is 1.22 bits per heavy atom. The molecule has 0 N–H and O–H groups in total. The van der Waals surface area contributed by atoms with Gasteiger partial charge >= 0.3 is 0 Å². The van der Waals surface area contributed by atoms with Crippen molar-refractivity contribution in [3.8, 4) is 5.69 Å². The summed E-state index contributed by atoms with van der Waals surface area (Å²) in [6.45, 7) is 3.68. The first-order valence-electron chi connectivity index (χ1n) is 5.57. The van der Waals surface area contributed by atoms with Gasteiger partial charge in [-0.15, -0.1) is 0 Å². The van der Waals surface area contributed by atoms with Crippen LogP contribution >= 0.6 is 0 Å². The second-order valence-electron chi connectivity index (χ2n) is 4.38. The van der Waals surface area contributed by atoms with Crippen LogP contribution in [0.1, 0.15) is 13.8 Å². The van der Waals surface area contributed by atoms with Crippen molar-refractivity contribution < 1.29 is 8.42 Å². The molecule has 0 radical (unpaired) electrons. The average Bonchev–Trinajstić information content (AvgIpc) is 2.78. The second kappa shape index (κ2) is 4.85. The standard InChI is InChI=1S/C11H14N4O2S/c1-9(2)8-18(16,17)11-12-13-14-15(11)10-6-4-3-5-7-10/h3-7,9H,8H2,1-2H3. The van der Waals surface area contributed by atoms with Gasteiger partial charge in [0, 0.05) is 0 Å². The first kappa shape index (κ1) is 12.7. The Balaban J connectivity index is 2.46. The van der Waals surface area contributed by atoms with Crippen molar-refractivity contribution in [1.82, 2.24) is 20.2 Å². The summed E-state index contributed by atoms with van der Waals surface area (Å²) in [5, 5.41) is 10.7. The van der Waals surface area contributed by atoms with E-state index in [1.54, 1.807) is 24.3 Å². The molecular weight excluding hydrogens is 252 g/mol. The molecule has 0 fully saturated rings. The van der Waals surface area contributed by atoms with Crippen LogP contribution in [0.3, 0.4) is 0 Å². The Morgan fingerprint density at radius 3 is 2.50 bits per heavy atom. The van der Waals surface area contributed by atoms with E-state index in [-0.39, 0.29) is 16.8 Å². The molecule has 2 aromatic rings. The summed E-state index contributed by atoms with van der Waals surface area (Å²) in [6, 6.07) is 8.96. The summed E-state index contributed by atoms with van der Waals surface area (Å²) in [5.74, 6) is 0.0520. The zero-order valence-electron chi connectivity index (χ0n) is 10.2. The number of benzene rings is 1. The predicted molar refractivity (Wildman–Crippen MR) is 66.0 cm³/mol. The average molecular weight is 266 g/mol. The van der Waals surface area contributed by atoms with Gasteiger partial charge < -0.3 is 0 Å². The zero-order valence-corrected chi connectivity index (χ0v) is 11.0. The fourth-order valence-corrected chi connectivity index (χ4v) is 3.21. The highest BCUT2D eigenvalue weighted by Crippen LogP contribution is 2.14. The molecule has 0 unspecified atom stereocenters. The molecule has 0 aliphatic rings. The minimum Gasteiger partial charge on any atom is -0.220 e. The highest BCUT2D eigenvalue weighted by Gasteiger charge is 2.24. The third kappa shape index (κ3) is 2.56. The molecule has 18 heavy (non-hydrogen) atoms. The lowest BCUT2D eigenvalue weighted by Crippen LogP contribution is -2.17. The smallest absolute Gasteiger partial charge is 0.220 e. The van der Waals surface area contributed by atoms with Crippen LogP contribution in [-0.2, 0) is 9.84 Å². The molecular formula is C11H14N4O2S. The number of tetrazole rings is 1. The Bertz CT molecular complexity index is 620. The fourth-order valence-electron chi connectivity index (χ4n) is 1.62. The largest absolute Gasteiger partial charge is 0.272 e. The van der Waals surface area contributed by atoms with E-state index in [0.29, 0.717) is 5.69 Å². The molecule has 7 heteroatoms. The molecule has 0 amide bonds. The van der Waals surface area contributed by atoms with E-state index in [1.165, 1.54) is 4.68 Å². The van der Waals surface area contributed by atoms with Crippen molar-refractivity contribution in [2.75, 3.05) is 5.75 Å². The van der Waals surface area contributed by atoms with E-state index in [0.717, 1.165) is 0 Å². The zero-order chi connectivity index (χ0) is 13.2. The third-order valence-corrected chi connectivity index (χ3v) is 4.19. The molecule has 6 nitrogen and oxygen atoms in total. The number of aromatic nitrogens is 4. The molecule has 1 aromatic heterocycles. The van der Waals surface area contributed by atoms with Crippen molar-refractivity contribution in [2.45, 2.75) is 19.0 Å². The summed E-state index contributed by atoms with van der Waals surface area (Å²) in [5.41, 5.74) is 0.629. The van der Waals surface area contributed by atoms with Crippen LogP contribution in [-0.4, -0.2) is 34.4 Å². The maximum absolute atomic E-state index is 12.1. The van der Waals surface area contributed by atoms with Gasteiger partial charge in [0.2, 0.25) is 9.84 Å². The lowest BCUT2D eigenvalue weighted by molar-refractivity contribution is 0.567. The number of nitrogens with zero attached hydrogens (tertiary/aromatic N) is 4. The number of hydrogen-bond acceptors (Lipinski definition) is 5. The molecule has 0 spiro atoms. The third-order valence-electron chi connectivity index (χ3n) is 2.27. The van der Waals surface area contributed by atoms with Gasteiger partial charge in [-0.25, -0.2) is 8.42 Å². The van der Waals surface area contributed by atoms with Crippen LogP contribution in [0.25, 0.3) is 5.69 Å². The van der Waals surface area contributed by atoms with E-state index in [2.05, 4.69) is 15.5 Å². The Hall–Kier alpha value is -1.76. The van der Waals surface area contributed by atoms with Crippen LogP contribution < -0.4 is 0 Å². The van der Waals surface area contributed by atoms with Crippen LogP contribution in [0.4, 0.5) is 0 Å². The minimum atomic E-state index is -3.47. The maximum atomic E-state index is 12.1. The van der Waals surface area contributed by atoms with Gasteiger partial charge in [0.15, 0.2) is 0 Å². The van der Waals surface area contributed by atoms with Gasteiger partial charge in [-0.3, -0.25) is 0 Å². The second-order valence-corrected chi connectivity index (χ2v) is 6.31. The fraction of sp³-hybridized carbons (Fsp3) is 0.364. The van der Waals surface area contributed by atoms with Crippen molar-refractivity contribution >= 4 is 9.84 Å². The Labute approximate surface area is 106 Å². The Morgan fingerprint density at radius 2 is 1.89 bits per heavy atom. The maximum Gasteiger partial charge on any atom is 0.272 e. The topological polar surface area (TPSA) is 77.7 Å². The molecule has 1 heterocycles. The first-order valence-corrected chi connectivity index (χ1v) is 7.22. The van der Waals surface area contributed by atoms with Crippen molar-refractivity contribution in [1.29, 1.82) is 0 Å². The van der Waals surface area contributed by atoms with E-state index in [9.17, 15) is 8.42 Å². The molecule has 0 aliphatic carbocycles. The summed E-state index contributed by atoms with van der Waals surface area (Å²) < 4.78 is 25.5. The van der Waals surface area contributed by atoms with Gasteiger partial charge in [-0.1, -0.05) is 37.1 Å². The molecule has 1 aromatic carbocycles. The monoisotopic (exact) mass is 266 g/mol. The number of rotatable bonds is 4. The van der Waals surface area contributed by atoms with Gasteiger partial charge in [0.1, 0.15) is 0 Å². The summed E-state index contributed by atoms with van der Waals surface area (Å²) >= 11 is 0. The lowest BCUT2D eigenvalue weighted by Gasteiger charge is -2.07. The predicted octanol–water partition coefficient (Wildman–Crippen LogP) is 1.09. The van der Waals surface area contributed by atoms with Gasteiger partial charge in [0.05, 0.1) is 11.4 Å². The minimum absolute atomic E-state index is 0.0240. The number of sulfone groups is 1. The molecule has 96 valence electrons. The SMILES string of the molecule is CC(C)CS(=O)(=O)c1nnnn1-c1ccccc1. The molecule has 0 saturated carbocycles. The summed E-state index contributed by atoms with van der Waals surface area (Å²) in [6.07, 6.45) is 0. The lowest BCUT2D eigenvalue weighted by atomic mass is 10.3. The van der Waals surface area contributed by atoms with E-state index >= 15 is 0 Å². The van der Waals surface area contributed by atoms with Crippen molar-refractivity contribution in [3.63, 3.8) is 0 Å². The van der Waals surface area contributed by atoms with Crippen molar-refractivity contribution in [3.05, 3.63) is 30.3 Å². The normalized spacial score (nSPS) is 11.9. The molecule has 2 rings (SSSR count). The van der Waals surface area contributed by atoms with Crippen LogP contribution in [0.15, 0.2) is 35.5 Å². The molecule has 0 saturated heterocycles. The number of hydrogen-bond donors (Lipinski definition) is 0. The highest BCUT2D eigenvalue weighted by molar-refractivity contribution is 7.91. The molecule has 0 bridgehead atoms. The quantitative estimate of drug-likeness (QED) is 0.827. The first-order chi connectivity index (χ1) is 8.50.